The van der Waals surface area contributed by atoms with E-state index in [9.17, 15) is 0 Å². The number of nitrogens with two attached hydrogens (primary N) is 1. The van der Waals surface area contributed by atoms with Crippen molar-refractivity contribution in [2.24, 2.45) is 17.8 Å². The highest BCUT2D eigenvalue weighted by Crippen LogP contribution is 2.60. The molecule has 0 unspecified atom stereocenters. The van der Waals surface area contributed by atoms with Crippen molar-refractivity contribution in [2.75, 3.05) is 43.9 Å². The maximum atomic E-state index is 6.11. The number of rotatable bonds is 2. The molecule has 6 nitrogen and oxygen atoms in total. The topological polar surface area (TPSA) is 71.2 Å². The average molecular weight is 328 g/mol. The smallest absolute Gasteiger partial charge is 0.230 e. The number of nitrogens with zero attached hydrogens (tertiary/aromatic N) is 5. The van der Waals surface area contributed by atoms with Crippen LogP contribution in [0.4, 0.5) is 11.9 Å². The molecular formula is C18H28N6. The summed E-state index contributed by atoms with van der Waals surface area (Å²) in [5.41, 5.74) is 6.30. The van der Waals surface area contributed by atoms with Gasteiger partial charge in [0.2, 0.25) is 11.9 Å². The zero-order valence-electron chi connectivity index (χ0n) is 14.6. The van der Waals surface area contributed by atoms with Gasteiger partial charge in [0.1, 0.15) is 5.82 Å². The third-order valence-corrected chi connectivity index (χ3v) is 6.94. The molecule has 1 saturated heterocycles. The number of piperazine rings is 1. The molecule has 130 valence electrons. The van der Waals surface area contributed by atoms with Crippen LogP contribution in [0.1, 0.15) is 44.3 Å². The lowest BCUT2D eigenvalue weighted by Crippen LogP contribution is -2.50. The highest BCUT2D eigenvalue weighted by atomic mass is 15.3. The molecule has 6 rings (SSSR count). The van der Waals surface area contributed by atoms with E-state index in [4.69, 9.17) is 10.7 Å². The molecule has 5 fully saturated rings. The number of nitrogen functional groups attached to an aromatic ring is 1. The molecule has 2 heterocycles. The van der Waals surface area contributed by atoms with Gasteiger partial charge in [-0.2, -0.15) is 15.0 Å². The van der Waals surface area contributed by atoms with Crippen molar-refractivity contribution in [3.8, 4) is 0 Å². The summed E-state index contributed by atoms with van der Waals surface area (Å²) >= 11 is 0. The molecule has 0 amide bonds. The van der Waals surface area contributed by atoms with Crippen molar-refractivity contribution in [1.29, 1.82) is 0 Å². The first-order valence-corrected chi connectivity index (χ1v) is 9.55. The van der Waals surface area contributed by atoms with Gasteiger partial charge < -0.3 is 15.5 Å². The monoisotopic (exact) mass is 328 g/mol. The lowest BCUT2D eigenvalue weighted by molar-refractivity contribution is -0.00938. The Bertz CT molecular complexity index is 601. The van der Waals surface area contributed by atoms with Crippen molar-refractivity contribution in [1.82, 2.24) is 19.9 Å². The van der Waals surface area contributed by atoms with E-state index in [-0.39, 0.29) is 5.41 Å². The highest BCUT2D eigenvalue weighted by molar-refractivity contribution is 5.37. The SMILES string of the molecule is CN1CCN(c2nc(N)nc(C34CC5CC(CC(C5)C3)C4)n2)CC1. The third-order valence-electron chi connectivity index (χ3n) is 6.94. The summed E-state index contributed by atoms with van der Waals surface area (Å²) in [6, 6.07) is 0. The maximum absolute atomic E-state index is 6.11. The number of hydrogen-bond acceptors (Lipinski definition) is 6. The molecule has 1 aromatic rings. The molecule has 4 bridgehead atoms. The Balaban J connectivity index is 1.48. The van der Waals surface area contributed by atoms with Crippen molar-refractivity contribution < 1.29 is 0 Å². The van der Waals surface area contributed by atoms with Crippen LogP contribution in [0.2, 0.25) is 0 Å². The summed E-state index contributed by atoms with van der Waals surface area (Å²) in [6.45, 7) is 4.05. The minimum atomic E-state index is 0.188. The summed E-state index contributed by atoms with van der Waals surface area (Å²) in [7, 11) is 2.17. The molecule has 4 aliphatic carbocycles. The number of aromatic nitrogens is 3. The van der Waals surface area contributed by atoms with Crippen LogP contribution in [-0.4, -0.2) is 53.1 Å². The number of anilines is 2. The van der Waals surface area contributed by atoms with Gasteiger partial charge in [0, 0.05) is 31.6 Å². The van der Waals surface area contributed by atoms with Gasteiger partial charge in [-0.25, -0.2) is 0 Å². The summed E-state index contributed by atoms with van der Waals surface area (Å²) in [5, 5.41) is 0. The number of likely N-dealkylation sites (N-methyl/N-ethyl adjacent to an activating group) is 1. The van der Waals surface area contributed by atoms with Gasteiger partial charge in [0.25, 0.3) is 0 Å². The van der Waals surface area contributed by atoms with Crippen LogP contribution in [0.15, 0.2) is 0 Å². The van der Waals surface area contributed by atoms with Crippen LogP contribution in [0.3, 0.4) is 0 Å². The Morgan fingerprint density at radius 2 is 1.46 bits per heavy atom. The van der Waals surface area contributed by atoms with Crippen LogP contribution >= 0.6 is 0 Å². The molecular weight excluding hydrogens is 300 g/mol. The van der Waals surface area contributed by atoms with Gasteiger partial charge in [-0.1, -0.05) is 0 Å². The standard InChI is InChI=1S/C18H28N6/c1-23-2-4-24(5-3-23)17-21-15(20-16(19)22-17)18-9-12-6-13(10-18)8-14(7-12)11-18/h12-14H,2-11H2,1H3,(H2,19,20,21,22). The minimum absolute atomic E-state index is 0.188. The second kappa shape index (κ2) is 5.28. The lowest BCUT2D eigenvalue weighted by atomic mass is 9.49. The van der Waals surface area contributed by atoms with Crippen molar-refractivity contribution in [2.45, 2.75) is 43.9 Å². The van der Waals surface area contributed by atoms with E-state index >= 15 is 0 Å². The second-order valence-electron chi connectivity index (χ2n) is 8.81. The predicted molar refractivity (Wildman–Crippen MR) is 93.8 cm³/mol. The molecule has 2 N–H and O–H groups in total. The minimum Gasteiger partial charge on any atom is -0.368 e. The summed E-state index contributed by atoms with van der Waals surface area (Å²) < 4.78 is 0. The van der Waals surface area contributed by atoms with Crippen LogP contribution in [0.25, 0.3) is 0 Å². The fourth-order valence-corrected chi connectivity index (χ4v) is 6.15. The van der Waals surface area contributed by atoms with E-state index in [2.05, 4.69) is 26.8 Å². The van der Waals surface area contributed by atoms with Gasteiger partial charge in [-0.3, -0.25) is 0 Å². The molecule has 0 radical (unpaired) electrons. The summed E-state index contributed by atoms with van der Waals surface area (Å²) in [6.07, 6.45) is 8.11. The quantitative estimate of drug-likeness (QED) is 0.890. The zero-order chi connectivity index (χ0) is 16.3. The lowest BCUT2D eigenvalue weighted by Gasteiger charge is -2.56. The molecule has 0 spiro atoms. The van der Waals surface area contributed by atoms with Gasteiger partial charge in [-0.15, -0.1) is 0 Å². The molecule has 24 heavy (non-hydrogen) atoms. The second-order valence-corrected chi connectivity index (χ2v) is 8.81. The first kappa shape index (κ1) is 14.9. The van der Waals surface area contributed by atoms with Gasteiger partial charge >= 0.3 is 0 Å². The Kier molecular flexibility index (Phi) is 3.27. The van der Waals surface area contributed by atoms with Gasteiger partial charge in [0.15, 0.2) is 0 Å². The largest absolute Gasteiger partial charge is 0.368 e. The summed E-state index contributed by atoms with van der Waals surface area (Å²) in [4.78, 5) is 18.7. The Labute approximate surface area is 143 Å². The first-order chi connectivity index (χ1) is 11.6. The van der Waals surface area contributed by atoms with Crippen molar-refractivity contribution >= 4 is 11.9 Å². The molecule has 6 heteroatoms. The molecule has 0 atom stereocenters. The van der Waals surface area contributed by atoms with Gasteiger partial charge in [0.05, 0.1) is 0 Å². The van der Waals surface area contributed by atoms with E-state index in [1.54, 1.807) is 0 Å². The van der Waals surface area contributed by atoms with Crippen LogP contribution in [-0.2, 0) is 5.41 Å². The normalized spacial score (nSPS) is 38.7. The van der Waals surface area contributed by atoms with E-state index in [0.29, 0.717) is 5.95 Å². The Hall–Kier alpha value is -1.43. The van der Waals surface area contributed by atoms with E-state index < -0.39 is 0 Å². The van der Waals surface area contributed by atoms with Crippen molar-refractivity contribution in [3.05, 3.63) is 5.82 Å². The molecule has 1 aromatic heterocycles. The fraction of sp³-hybridized carbons (Fsp3) is 0.833. The third kappa shape index (κ3) is 2.38. The molecule has 0 aromatic carbocycles. The van der Waals surface area contributed by atoms with E-state index in [1.165, 1.54) is 38.5 Å². The highest BCUT2D eigenvalue weighted by Gasteiger charge is 2.53. The molecule has 4 saturated carbocycles. The predicted octanol–water partition coefficient (Wildman–Crippen LogP) is 1.67. The van der Waals surface area contributed by atoms with E-state index in [1.807, 2.05) is 0 Å². The van der Waals surface area contributed by atoms with Crippen LogP contribution in [0, 0.1) is 17.8 Å². The van der Waals surface area contributed by atoms with Crippen molar-refractivity contribution in [3.63, 3.8) is 0 Å². The van der Waals surface area contributed by atoms with Crippen LogP contribution < -0.4 is 10.6 Å². The van der Waals surface area contributed by atoms with Gasteiger partial charge in [-0.05, 0) is 63.3 Å². The zero-order valence-corrected chi connectivity index (χ0v) is 14.6. The van der Waals surface area contributed by atoms with Crippen LogP contribution in [0.5, 0.6) is 0 Å². The maximum Gasteiger partial charge on any atom is 0.230 e. The average Bonchev–Trinajstić information content (AvgIpc) is 2.54. The number of hydrogen-bond donors (Lipinski definition) is 1. The Morgan fingerprint density at radius 1 is 0.875 bits per heavy atom. The molecule has 5 aliphatic rings. The molecule has 1 aliphatic heterocycles. The first-order valence-electron chi connectivity index (χ1n) is 9.55. The fourth-order valence-electron chi connectivity index (χ4n) is 6.15. The summed E-state index contributed by atoms with van der Waals surface area (Å²) in [5.74, 6) is 4.89. The Morgan fingerprint density at radius 3 is 2.04 bits per heavy atom. The van der Waals surface area contributed by atoms with E-state index in [0.717, 1.165) is 55.7 Å².